The number of carboxylic acid groups (broad SMARTS) is 1. The molecule has 3 rings (SSSR count). The van der Waals surface area contributed by atoms with Gasteiger partial charge in [0.25, 0.3) is 0 Å². The van der Waals surface area contributed by atoms with E-state index in [0.717, 1.165) is 5.56 Å². The van der Waals surface area contributed by atoms with E-state index in [4.69, 9.17) is 14.0 Å². The van der Waals surface area contributed by atoms with Crippen LogP contribution in [0.25, 0.3) is 23.5 Å². The number of nitro groups is 1. The number of furan rings is 1. The van der Waals surface area contributed by atoms with Gasteiger partial charge in [0.1, 0.15) is 11.5 Å². The first-order valence-electron chi connectivity index (χ1n) is 7.59. The molecule has 0 unspecified atom stereocenters. The predicted octanol–water partition coefficient (Wildman–Crippen LogP) is 4.33. The van der Waals surface area contributed by atoms with E-state index in [1.807, 2.05) is 6.92 Å². The second-order valence-corrected chi connectivity index (χ2v) is 5.61. The Morgan fingerprint density at radius 3 is 2.69 bits per heavy atom. The van der Waals surface area contributed by atoms with E-state index in [1.54, 1.807) is 18.2 Å². The molecule has 0 aliphatic carbocycles. The molecule has 0 saturated carbocycles. The molecule has 0 saturated heterocycles. The molecular weight excluding hydrogens is 340 g/mol. The number of carboxylic acids is 1. The normalized spacial score (nSPS) is 11.2. The largest absolute Gasteiger partial charge is 0.478 e. The van der Waals surface area contributed by atoms with E-state index in [0.29, 0.717) is 17.1 Å². The molecule has 8 heteroatoms. The minimum absolute atomic E-state index is 0.0227. The first kappa shape index (κ1) is 17.2. The van der Waals surface area contributed by atoms with Crippen LogP contribution in [0, 0.1) is 24.0 Å². The summed E-state index contributed by atoms with van der Waals surface area (Å²) in [5.41, 5.74) is 1.67. The highest BCUT2D eigenvalue weighted by molar-refractivity contribution is 5.89. The molecule has 0 aliphatic heterocycles. The Kier molecular flexibility index (Phi) is 4.40. The van der Waals surface area contributed by atoms with Gasteiger partial charge >= 0.3 is 11.7 Å². The zero-order valence-corrected chi connectivity index (χ0v) is 13.9. The Morgan fingerprint density at radius 1 is 1.23 bits per heavy atom. The molecule has 26 heavy (non-hydrogen) atoms. The Balaban J connectivity index is 1.91. The minimum Gasteiger partial charge on any atom is -0.478 e. The predicted molar refractivity (Wildman–Crippen MR) is 92.7 cm³/mol. The summed E-state index contributed by atoms with van der Waals surface area (Å²) in [4.78, 5) is 21.6. The van der Waals surface area contributed by atoms with Crippen LogP contribution in [-0.2, 0) is 0 Å². The highest BCUT2D eigenvalue weighted by atomic mass is 16.6. The van der Waals surface area contributed by atoms with Crippen molar-refractivity contribution in [1.82, 2.24) is 5.16 Å². The second kappa shape index (κ2) is 6.67. The number of rotatable bonds is 5. The van der Waals surface area contributed by atoms with Crippen molar-refractivity contribution in [1.29, 1.82) is 0 Å². The van der Waals surface area contributed by atoms with Crippen molar-refractivity contribution in [3.8, 4) is 11.3 Å². The summed E-state index contributed by atoms with van der Waals surface area (Å²) < 4.78 is 10.6. The molecule has 0 bridgehead atoms. The summed E-state index contributed by atoms with van der Waals surface area (Å²) in [5, 5.41) is 23.7. The van der Waals surface area contributed by atoms with E-state index < -0.39 is 10.9 Å². The maximum atomic E-state index is 11.1. The molecule has 0 aliphatic rings. The van der Waals surface area contributed by atoms with Gasteiger partial charge < -0.3 is 14.0 Å². The highest BCUT2D eigenvalue weighted by Gasteiger charge is 2.22. The molecule has 3 aromatic rings. The van der Waals surface area contributed by atoms with Crippen LogP contribution in [0.4, 0.5) is 5.69 Å². The topological polar surface area (TPSA) is 120 Å². The smallest absolute Gasteiger partial charge is 0.338 e. The third-order valence-electron chi connectivity index (χ3n) is 3.82. The number of carbonyl (C=O) groups is 1. The fourth-order valence-corrected chi connectivity index (χ4v) is 2.48. The van der Waals surface area contributed by atoms with Crippen LogP contribution in [-0.4, -0.2) is 21.2 Å². The number of aryl methyl sites for hydroxylation is 2. The highest BCUT2D eigenvalue weighted by Crippen LogP contribution is 2.29. The van der Waals surface area contributed by atoms with Gasteiger partial charge in [-0.3, -0.25) is 10.1 Å². The zero-order valence-electron chi connectivity index (χ0n) is 13.9. The number of hydrogen-bond donors (Lipinski definition) is 1. The van der Waals surface area contributed by atoms with Crippen molar-refractivity contribution in [2.24, 2.45) is 0 Å². The zero-order chi connectivity index (χ0) is 18.8. The van der Waals surface area contributed by atoms with E-state index in [1.165, 1.54) is 31.2 Å². The van der Waals surface area contributed by atoms with Crippen LogP contribution in [0.5, 0.6) is 0 Å². The number of hydrogen-bond acceptors (Lipinski definition) is 6. The first-order chi connectivity index (χ1) is 12.4. The summed E-state index contributed by atoms with van der Waals surface area (Å²) in [7, 11) is 0. The minimum atomic E-state index is -1.02. The summed E-state index contributed by atoms with van der Waals surface area (Å²) >= 11 is 0. The van der Waals surface area contributed by atoms with Gasteiger partial charge in [0.15, 0.2) is 5.69 Å². The Bertz CT molecular complexity index is 1030. The maximum Gasteiger partial charge on any atom is 0.338 e. The van der Waals surface area contributed by atoms with Crippen LogP contribution >= 0.6 is 0 Å². The van der Waals surface area contributed by atoms with Gasteiger partial charge in [-0.25, -0.2) is 4.79 Å². The summed E-state index contributed by atoms with van der Waals surface area (Å²) in [6, 6.07) is 8.14. The Morgan fingerprint density at radius 2 is 2.00 bits per heavy atom. The van der Waals surface area contributed by atoms with Crippen LogP contribution in [0.1, 0.15) is 33.1 Å². The van der Waals surface area contributed by atoms with Crippen molar-refractivity contribution in [3.63, 3.8) is 0 Å². The third-order valence-corrected chi connectivity index (χ3v) is 3.82. The van der Waals surface area contributed by atoms with Crippen molar-refractivity contribution >= 4 is 23.8 Å². The van der Waals surface area contributed by atoms with Crippen LogP contribution in [0.2, 0.25) is 0 Å². The summed E-state index contributed by atoms with van der Waals surface area (Å²) in [6.45, 7) is 3.34. The van der Waals surface area contributed by atoms with Gasteiger partial charge in [0.2, 0.25) is 5.76 Å². The molecule has 0 radical (unpaired) electrons. The lowest BCUT2D eigenvalue weighted by molar-refractivity contribution is -0.386. The maximum absolute atomic E-state index is 11.1. The molecule has 0 spiro atoms. The average molecular weight is 354 g/mol. The average Bonchev–Trinajstić information content (AvgIpc) is 3.19. The Hall–Kier alpha value is -3.68. The molecule has 0 amide bonds. The standard InChI is InChI=1S/C18H14N2O6/c1-10-3-4-12(18(21)22)9-14(10)15-7-5-13(25-15)6-8-16-17(20(23)24)11(2)19-26-16/h3-9H,1-2H3,(H,21,22). The molecule has 0 fully saturated rings. The molecule has 0 atom stereocenters. The fraction of sp³-hybridized carbons (Fsp3) is 0.111. The number of nitrogens with zero attached hydrogens (tertiary/aromatic N) is 2. The van der Waals surface area contributed by atoms with Crippen LogP contribution < -0.4 is 0 Å². The molecule has 1 aromatic carbocycles. The second-order valence-electron chi connectivity index (χ2n) is 5.61. The molecule has 2 heterocycles. The van der Waals surface area contributed by atoms with Gasteiger partial charge in [-0.05, 0) is 55.8 Å². The van der Waals surface area contributed by atoms with Gasteiger partial charge in [-0.15, -0.1) is 0 Å². The van der Waals surface area contributed by atoms with Crippen LogP contribution in [0.15, 0.2) is 39.3 Å². The van der Waals surface area contributed by atoms with Crippen molar-refractivity contribution in [2.75, 3.05) is 0 Å². The van der Waals surface area contributed by atoms with E-state index in [-0.39, 0.29) is 22.7 Å². The quantitative estimate of drug-likeness (QED) is 0.535. The van der Waals surface area contributed by atoms with Crippen molar-refractivity contribution in [3.05, 3.63) is 68.8 Å². The monoisotopic (exact) mass is 354 g/mol. The van der Waals surface area contributed by atoms with Gasteiger partial charge in [0.05, 0.1) is 10.5 Å². The van der Waals surface area contributed by atoms with Gasteiger partial charge in [-0.1, -0.05) is 11.2 Å². The lowest BCUT2D eigenvalue weighted by Gasteiger charge is -2.04. The SMILES string of the molecule is Cc1ccc(C(=O)O)cc1-c1ccc(C=Cc2onc(C)c2[N+](=O)[O-])o1. The van der Waals surface area contributed by atoms with E-state index >= 15 is 0 Å². The van der Waals surface area contributed by atoms with Gasteiger partial charge in [-0.2, -0.15) is 0 Å². The molecule has 1 N–H and O–H groups in total. The summed E-state index contributed by atoms with van der Waals surface area (Å²) in [5.74, 6) is -0.0718. The number of aromatic carboxylic acids is 1. The molecule has 132 valence electrons. The third kappa shape index (κ3) is 3.25. The Labute approximate surface area is 147 Å². The lowest BCUT2D eigenvalue weighted by atomic mass is 10.0. The number of benzene rings is 1. The molecule has 8 nitrogen and oxygen atoms in total. The lowest BCUT2D eigenvalue weighted by Crippen LogP contribution is -1.96. The van der Waals surface area contributed by atoms with E-state index in [2.05, 4.69) is 5.16 Å². The van der Waals surface area contributed by atoms with Crippen LogP contribution in [0.3, 0.4) is 0 Å². The van der Waals surface area contributed by atoms with Crippen molar-refractivity contribution in [2.45, 2.75) is 13.8 Å². The van der Waals surface area contributed by atoms with E-state index in [9.17, 15) is 14.9 Å². The van der Waals surface area contributed by atoms with Crippen molar-refractivity contribution < 1.29 is 23.8 Å². The fourth-order valence-electron chi connectivity index (χ4n) is 2.48. The molecular formula is C18H14N2O6. The first-order valence-corrected chi connectivity index (χ1v) is 7.59. The van der Waals surface area contributed by atoms with Gasteiger partial charge in [0, 0.05) is 5.56 Å². The number of aromatic nitrogens is 1. The molecule has 2 aromatic heterocycles. The summed E-state index contributed by atoms with van der Waals surface area (Å²) in [6.07, 6.45) is 2.92.